The van der Waals surface area contributed by atoms with Crippen LogP contribution in [0.25, 0.3) is 0 Å². The molecule has 0 aromatic carbocycles. The van der Waals surface area contributed by atoms with Gasteiger partial charge in [0.1, 0.15) is 0 Å². The van der Waals surface area contributed by atoms with Crippen LogP contribution >= 0.6 is 22.7 Å². The number of guanidine groups is 1. The fourth-order valence-corrected chi connectivity index (χ4v) is 4.61. The largest absolute Gasteiger partial charge is 0.354 e. The number of aliphatic imine (C=N–C) groups is 1. The molecule has 0 radical (unpaired) electrons. The summed E-state index contributed by atoms with van der Waals surface area (Å²) < 4.78 is 0. The van der Waals surface area contributed by atoms with Gasteiger partial charge >= 0.3 is 0 Å². The molecule has 1 fully saturated rings. The van der Waals surface area contributed by atoms with Crippen molar-refractivity contribution in [3.05, 3.63) is 38.5 Å². The van der Waals surface area contributed by atoms with Crippen molar-refractivity contribution in [3.8, 4) is 0 Å². The van der Waals surface area contributed by atoms with Crippen molar-refractivity contribution in [1.82, 2.24) is 20.5 Å². The molecule has 1 atom stereocenters. The molecule has 5 nitrogen and oxygen atoms in total. The van der Waals surface area contributed by atoms with Gasteiger partial charge in [0.15, 0.2) is 5.96 Å². The van der Waals surface area contributed by atoms with Gasteiger partial charge in [-0.15, -0.1) is 22.7 Å². The van der Waals surface area contributed by atoms with Gasteiger partial charge in [0, 0.05) is 29.5 Å². The van der Waals surface area contributed by atoms with E-state index in [0.717, 1.165) is 24.1 Å². The number of likely N-dealkylation sites (tertiary alicyclic amines) is 1. The van der Waals surface area contributed by atoms with Crippen molar-refractivity contribution in [3.63, 3.8) is 0 Å². The fourth-order valence-electron chi connectivity index (χ4n) is 3.02. The maximum absolute atomic E-state index is 4.35. The summed E-state index contributed by atoms with van der Waals surface area (Å²) in [5.74, 6) is 0.849. The molecule has 0 aliphatic carbocycles. The number of hydrogen-bond donors (Lipinski definition) is 2. The summed E-state index contributed by atoms with van der Waals surface area (Å²) in [6.07, 6.45) is 4.54. The van der Waals surface area contributed by atoms with E-state index in [-0.39, 0.29) is 0 Å². The molecule has 1 aliphatic rings. The first-order valence-corrected chi connectivity index (χ1v) is 10.1. The van der Waals surface area contributed by atoms with Gasteiger partial charge in [-0.05, 0) is 44.3 Å². The quantitative estimate of drug-likeness (QED) is 0.612. The molecule has 1 saturated heterocycles. The minimum absolute atomic E-state index is 0.427. The molecule has 130 valence electrons. The third kappa shape index (κ3) is 4.55. The Hall–Kier alpha value is -1.44. The SMILES string of the molecule is CN=C(NCc1cnc(C)s1)NCC(c1cccs1)N1CCCC1. The molecule has 2 aromatic heterocycles. The summed E-state index contributed by atoms with van der Waals surface area (Å²) in [5, 5.41) is 10.1. The van der Waals surface area contributed by atoms with Crippen LogP contribution in [0, 0.1) is 6.92 Å². The van der Waals surface area contributed by atoms with Crippen LogP contribution in [0.2, 0.25) is 0 Å². The molecular formula is C17H25N5S2. The highest BCUT2D eigenvalue weighted by Gasteiger charge is 2.24. The number of rotatable bonds is 6. The molecule has 0 saturated carbocycles. The number of nitrogens with one attached hydrogen (secondary N) is 2. The molecule has 24 heavy (non-hydrogen) atoms. The van der Waals surface area contributed by atoms with E-state index in [1.807, 2.05) is 31.5 Å². The minimum Gasteiger partial charge on any atom is -0.354 e. The van der Waals surface area contributed by atoms with Crippen molar-refractivity contribution >= 4 is 28.6 Å². The topological polar surface area (TPSA) is 52.6 Å². The van der Waals surface area contributed by atoms with Gasteiger partial charge in [-0.1, -0.05) is 6.07 Å². The number of hydrogen-bond acceptors (Lipinski definition) is 5. The van der Waals surface area contributed by atoms with E-state index >= 15 is 0 Å². The second-order valence-electron chi connectivity index (χ2n) is 5.93. The zero-order valence-electron chi connectivity index (χ0n) is 14.3. The first-order chi connectivity index (χ1) is 11.8. The van der Waals surface area contributed by atoms with Gasteiger partial charge in [0.2, 0.25) is 0 Å². The number of aromatic nitrogens is 1. The second-order valence-corrected chi connectivity index (χ2v) is 8.23. The Morgan fingerprint density at radius 1 is 1.38 bits per heavy atom. The summed E-state index contributed by atoms with van der Waals surface area (Å²) >= 11 is 3.56. The van der Waals surface area contributed by atoms with Gasteiger partial charge in [0.05, 0.1) is 17.6 Å². The Bertz CT molecular complexity index is 644. The maximum atomic E-state index is 4.35. The van der Waals surface area contributed by atoms with Crippen LogP contribution in [0.3, 0.4) is 0 Å². The fraction of sp³-hybridized carbons (Fsp3) is 0.529. The zero-order chi connectivity index (χ0) is 16.8. The third-order valence-electron chi connectivity index (χ3n) is 4.24. The number of thiazole rings is 1. The molecule has 1 unspecified atom stereocenters. The molecule has 3 rings (SSSR count). The van der Waals surface area contributed by atoms with Crippen LogP contribution in [0.4, 0.5) is 0 Å². The van der Waals surface area contributed by atoms with Crippen LogP contribution in [0.5, 0.6) is 0 Å². The predicted octanol–water partition coefficient (Wildman–Crippen LogP) is 3.02. The predicted molar refractivity (Wildman–Crippen MR) is 103 cm³/mol. The molecule has 2 aromatic rings. The highest BCUT2D eigenvalue weighted by molar-refractivity contribution is 7.11. The molecule has 0 bridgehead atoms. The van der Waals surface area contributed by atoms with E-state index in [4.69, 9.17) is 0 Å². The molecule has 0 spiro atoms. The first kappa shape index (κ1) is 17.4. The molecule has 2 N–H and O–H groups in total. The molecule has 7 heteroatoms. The molecular weight excluding hydrogens is 338 g/mol. The van der Waals surface area contributed by atoms with Gasteiger partial charge < -0.3 is 10.6 Å². The summed E-state index contributed by atoms with van der Waals surface area (Å²) in [4.78, 5) is 13.9. The van der Waals surface area contributed by atoms with Crippen molar-refractivity contribution in [2.45, 2.75) is 32.4 Å². The smallest absolute Gasteiger partial charge is 0.191 e. The van der Waals surface area contributed by atoms with Gasteiger partial charge in [0.25, 0.3) is 0 Å². The minimum atomic E-state index is 0.427. The van der Waals surface area contributed by atoms with Crippen LogP contribution < -0.4 is 10.6 Å². The van der Waals surface area contributed by atoms with Gasteiger partial charge in [-0.3, -0.25) is 9.89 Å². The van der Waals surface area contributed by atoms with E-state index in [1.165, 1.54) is 35.7 Å². The lowest BCUT2D eigenvalue weighted by atomic mass is 10.2. The molecule has 0 amide bonds. The Labute approximate surface area is 151 Å². The monoisotopic (exact) mass is 363 g/mol. The Balaban J connectivity index is 1.56. The summed E-state index contributed by atoms with van der Waals surface area (Å²) in [5.41, 5.74) is 0. The Kier molecular flexibility index (Phi) is 6.23. The molecule has 3 heterocycles. The maximum Gasteiger partial charge on any atom is 0.191 e. The highest BCUT2D eigenvalue weighted by Crippen LogP contribution is 2.27. The van der Waals surface area contributed by atoms with Crippen molar-refractivity contribution < 1.29 is 0 Å². The number of nitrogens with zero attached hydrogens (tertiary/aromatic N) is 3. The lowest BCUT2D eigenvalue weighted by Gasteiger charge is -2.27. The average Bonchev–Trinajstić information content (AvgIpc) is 3.33. The Morgan fingerprint density at radius 2 is 2.21 bits per heavy atom. The summed E-state index contributed by atoms with van der Waals surface area (Å²) in [6, 6.07) is 4.81. The standard InChI is InChI=1S/C17H25N5S2/c1-13-19-10-14(24-13)11-20-17(18-2)21-12-15(16-6-5-9-23-16)22-7-3-4-8-22/h5-6,9-10,15H,3-4,7-8,11-12H2,1-2H3,(H2,18,20,21). The summed E-state index contributed by atoms with van der Waals surface area (Å²) in [6.45, 7) is 6.05. The third-order valence-corrected chi connectivity index (χ3v) is 6.13. The Morgan fingerprint density at radius 3 is 2.83 bits per heavy atom. The van der Waals surface area contributed by atoms with Gasteiger partial charge in [-0.2, -0.15) is 0 Å². The average molecular weight is 364 g/mol. The first-order valence-electron chi connectivity index (χ1n) is 8.39. The zero-order valence-corrected chi connectivity index (χ0v) is 15.9. The van der Waals surface area contributed by atoms with E-state index in [1.54, 1.807) is 11.3 Å². The second kappa shape index (κ2) is 8.60. The van der Waals surface area contributed by atoms with Crippen molar-refractivity contribution in [2.24, 2.45) is 4.99 Å². The number of thiophene rings is 1. The van der Waals surface area contributed by atoms with Crippen LogP contribution in [0.15, 0.2) is 28.7 Å². The number of aryl methyl sites for hydroxylation is 1. The summed E-state index contributed by atoms with van der Waals surface area (Å²) in [7, 11) is 1.82. The van der Waals surface area contributed by atoms with E-state index in [9.17, 15) is 0 Å². The lowest BCUT2D eigenvalue weighted by molar-refractivity contribution is 0.249. The molecule has 1 aliphatic heterocycles. The van der Waals surface area contributed by atoms with E-state index in [2.05, 4.69) is 43.0 Å². The highest BCUT2D eigenvalue weighted by atomic mass is 32.1. The van der Waals surface area contributed by atoms with Gasteiger partial charge in [-0.25, -0.2) is 4.98 Å². The normalized spacial score (nSPS) is 17.2. The van der Waals surface area contributed by atoms with Crippen molar-refractivity contribution in [2.75, 3.05) is 26.7 Å². The van der Waals surface area contributed by atoms with Crippen LogP contribution in [-0.4, -0.2) is 42.5 Å². The van der Waals surface area contributed by atoms with E-state index < -0.39 is 0 Å². The van der Waals surface area contributed by atoms with Crippen molar-refractivity contribution in [1.29, 1.82) is 0 Å². The van der Waals surface area contributed by atoms with E-state index in [0.29, 0.717) is 6.04 Å². The lowest BCUT2D eigenvalue weighted by Crippen LogP contribution is -2.42. The van der Waals surface area contributed by atoms with Crippen LogP contribution in [0.1, 0.15) is 33.6 Å². The van der Waals surface area contributed by atoms with Crippen LogP contribution in [-0.2, 0) is 6.54 Å².